The minimum atomic E-state index is -4.64. The lowest BCUT2D eigenvalue weighted by Gasteiger charge is -2.03. The van der Waals surface area contributed by atoms with E-state index in [-0.39, 0.29) is 20.0 Å². The zero-order valence-electron chi connectivity index (χ0n) is 6.64. The predicted molar refractivity (Wildman–Crippen MR) is 50.2 cm³/mol. The summed E-state index contributed by atoms with van der Waals surface area (Å²) < 4.78 is 37.1. The Kier molecular flexibility index (Phi) is 2.48. The van der Waals surface area contributed by atoms with Crippen LogP contribution in [0.5, 0.6) is 0 Å². The lowest BCUT2D eigenvalue weighted by molar-refractivity contribution is -0.144. The molecule has 0 N–H and O–H groups in total. The first kappa shape index (κ1) is 10.8. The summed E-state index contributed by atoms with van der Waals surface area (Å²) in [6.07, 6.45) is -4.64. The molecule has 2 aromatic rings. The maximum absolute atomic E-state index is 12.3. The summed E-state index contributed by atoms with van der Waals surface area (Å²) in [6.45, 7) is 0. The molecule has 80 valence electrons. The molecule has 0 spiro atoms. The second-order valence-electron chi connectivity index (χ2n) is 2.46. The number of hydrogen-bond acceptors (Lipinski definition) is 4. The van der Waals surface area contributed by atoms with E-state index in [4.69, 9.17) is 23.2 Å². The van der Waals surface area contributed by atoms with Crippen LogP contribution in [0.2, 0.25) is 9.62 Å². The Morgan fingerprint density at radius 3 is 2.33 bits per heavy atom. The van der Waals surface area contributed by atoms with E-state index < -0.39 is 12.0 Å². The van der Waals surface area contributed by atoms with Gasteiger partial charge in [-0.2, -0.15) is 13.2 Å². The van der Waals surface area contributed by atoms with Crippen molar-refractivity contribution < 1.29 is 13.2 Å². The van der Waals surface area contributed by atoms with Crippen LogP contribution >= 0.6 is 34.5 Å². The van der Waals surface area contributed by atoms with Crippen molar-refractivity contribution in [2.75, 3.05) is 0 Å². The van der Waals surface area contributed by atoms with Crippen molar-refractivity contribution in [3.05, 3.63) is 15.4 Å². The largest absolute Gasteiger partial charge is 0.451 e. The molecule has 0 aliphatic heterocycles. The van der Waals surface area contributed by atoms with Crippen molar-refractivity contribution in [3.8, 4) is 0 Å². The average Bonchev–Trinajstić information content (AvgIpc) is 2.44. The Bertz CT molecular complexity index is 524. The molecule has 0 aromatic carbocycles. The maximum atomic E-state index is 12.3. The van der Waals surface area contributed by atoms with Gasteiger partial charge in [-0.1, -0.05) is 34.5 Å². The molecule has 2 rings (SSSR count). The number of aromatic nitrogens is 3. The molecular weight excluding hydrogens is 274 g/mol. The highest BCUT2D eigenvalue weighted by Crippen LogP contribution is 2.33. The van der Waals surface area contributed by atoms with Gasteiger partial charge in [-0.15, -0.1) is 0 Å². The molecule has 3 nitrogen and oxygen atoms in total. The van der Waals surface area contributed by atoms with Gasteiger partial charge in [0.1, 0.15) is 4.70 Å². The van der Waals surface area contributed by atoms with E-state index >= 15 is 0 Å². The van der Waals surface area contributed by atoms with E-state index in [1.54, 1.807) is 0 Å². The Morgan fingerprint density at radius 1 is 1.07 bits per heavy atom. The van der Waals surface area contributed by atoms with Gasteiger partial charge in [0, 0.05) is 0 Å². The molecule has 9 heteroatoms. The van der Waals surface area contributed by atoms with Crippen molar-refractivity contribution in [1.82, 2.24) is 15.0 Å². The van der Waals surface area contributed by atoms with E-state index in [0.717, 1.165) is 11.3 Å². The summed E-state index contributed by atoms with van der Waals surface area (Å²) in [5, 5.41) is -0.295. The topological polar surface area (TPSA) is 38.7 Å². The molecule has 0 atom stereocenters. The lowest BCUT2D eigenvalue weighted by Crippen LogP contribution is -2.11. The van der Waals surface area contributed by atoms with Crippen molar-refractivity contribution in [3.63, 3.8) is 0 Å². The number of thiazole rings is 1. The van der Waals surface area contributed by atoms with E-state index in [2.05, 4.69) is 15.0 Å². The summed E-state index contributed by atoms with van der Waals surface area (Å²) in [6, 6.07) is 0. The maximum Gasteiger partial charge on any atom is 0.451 e. The zero-order valence-corrected chi connectivity index (χ0v) is 8.97. The fourth-order valence-corrected chi connectivity index (χ4v) is 2.10. The van der Waals surface area contributed by atoms with Gasteiger partial charge >= 0.3 is 6.18 Å². The quantitative estimate of drug-likeness (QED) is 0.691. The second kappa shape index (κ2) is 3.43. The minimum Gasteiger partial charge on any atom is -0.211 e. The van der Waals surface area contributed by atoms with Crippen LogP contribution in [0.3, 0.4) is 0 Å². The average molecular weight is 274 g/mol. The molecule has 0 amide bonds. The van der Waals surface area contributed by atoms with Crippen molar-refractivity contribution in [2.45, 2.75) is 6.18 Å². The van der Waals surface area contributed by atoms with Crippen LogP contribution in [0, 0.1) is 0 Å². The second-order valence-corrected chi connectivity index (χ2v) is 4.39. The number of hydrogen-bond donors (Lipinski definition) is 0. The van der Waals surface area contributed by atoms with Crippen molar-refractivity contribution in [2.24, 2.45) is 0 Å². The van der Waals surface area contributed by atoms with Crippen LogP contribution in [0.1, 0.15) is 5.82 Å². The molecule has 0 aliphatic rings. The number of fused-ring (bicyclic) bond motifs is 1. The molecule has 15 heavy (non-hydrogen) atoms. The van der Waals surface area contributed by atoms with Gasteiger partial charge in [-0.25, -0.2) is 15.0 Å². The fraction of sp³-hybridized carbons (Fsp3) is 0.167. The smallest absolute Gasteiger partial charge is 0.211 e. The molecule has 0 radical (unpaired) electrons. The van der Waals surface area contributed by atoms with Crippen LogP contribution in [0.4, 0.5) is 13.2 Å². The van der Waals surface area contributed by atoms with Gasteiger partial charge in [-0.3, -0.25) is 0 Å². The van der Waals surface area contributed by atoms with E-state index in [1.807, 2.05) is 0 Å². The summed E-state index contributed by atoms with van der Waals surface area (Å²) in [5.41, 5.74) is -0.141. The van der Waals surface area contributed by atoms with Crippen LogP contribution in [-0.4, -0.2) is 15.0 Å². The Morgan fingerprint density at radius 2 is 1.73 bits per heavy atom. The number of rotatable bonds is 0. The molecule has 0 aliphatic carbocycles. The van der Waals surface area contributed by atoms with Crippen LogP contribution in [-0.2, 0) is 6.18 Å². The van der Waals surface area contributed by atoms with Crippen molar-refractivity contribution in [1.29, 1.82) is 0 Å². The van der Waals surface area contributed by atoms with Gasteiger partial charge in [-0.05, 0) is 0 Å². The number of halogens is 5. The summed E-state index contributed by atoms with van der Waals surface area (Å²) in [7, 11) is 0. The van der Waals surface area contributed by atoms with Gasteiger partial charge in [0.05, 0.1) is 0 Å². The van der Waals surface area contributed by atoms with E-state index in [9.17, 15) is 13.2 Å². The molecule has 2 heterocycles. The Hall–Kier alpha value is -0.660. The van der Waals surface area contributed by atoms with Gasteiger partial charge in [0.2, 0.25) is 5.82 Å². The summed E-state index contributed by atoms with van der Waals surface area (Å²) in [5.74, 6) is -1.32. The van der Waals surface area contributed by atoms with Crippen molar-refractivity contribution >= 4 is 44.9 Å². The molecular formula is C6Cl2F3N3S. The highest BCUT2D eigenvalue weighted by molar-refractivity contribution is 7.22. The third-order valence-electron chi connectivity index (χ3n) is 1.44. The Balaban J connectivity index is 2.72. The third-order valence-corrected chi connectivity index (χ3v) is 2.98. The van der Waals surface area contributed by atoms with Crippen LogP contribution < -0.4 is 0 Å². The monoisotopic (exact) mass is 273 g/mol. The van der Waals surface area contributed by atoms with E-state index in [1.165, 1.54) is 0 Å². The summed E-state index contributed by atoms with van der Waals surface area (Å²) in [4.78, 5) is 9.95. The molecule has 0 fully saturated rings. The lowest BCUT2D eigenvalue weighted by atomic mass is 10.5. The predicted octanol–water partition coefficient (Wildman–Crippen LogP) is 3.41. The fourth-order valence-electron chi connectivity index (χ4n) is 0.893. The van der Waals surface area contributed by atoms with Gasteiger partial charge in [0.15, 0.2) is 15.3 Å². The number of alkyl halides is 3. The van der Waals surface area contributed by atoms with Gasteiger partial charge in [0.25, 0.3) is 0 Å². The SMILES string of the molecule is FC(F)(F)c1nc(Cl)c2sc(Cl)nc2n1. The molecule has 0 bridgehead atoms. The molecule has 2 aromatic heterocycles. The third kappa shape index (κ3) is 1.99. The zero-order chi connectivity index (χ0) is 11.2. The molecule has 0 unspecified atom stereocenters. The first-order valence-corrected chi connectivity index (χ1v) is 5.02. The highest BCUT2D eigenvalue weighted by Gasteiger charge is 2.35. The molecule has 0 saturated heterocycles. The Labute approximate surface area is 94.9 Å². The van der Waals surface area contributed by atoms with Crippen LogP contribution in [0.25, 0.3) is 10.3 Å². The number of nitrogens with zero attached hydrogens (tertiary/aromatic N) is 3. The first-order chi connectivity index (χ1) is 6.88. The highest BCUT2D eigenvalue weighted by atomic mass is 35.5. The standard InChI is InChI=1S/C6Cl2F3N3S/c7-2-1-3(14-5(8)15-1)13-4(12-2)6(9,10)11. The van der Waals surface area contributed by atoms with E-state index in [0.29, 0.717) is 0 Å². The molecule has 0 saturated carbocycles. The first-order valence-electron chi connectivity index (χ1n) is 3.44. The minimum absolute atomic E-state index is 0.0699. The van der Waals surface area contributed by atoms with Crippen LogP contribution in [0.15, 0.2) is 0 Å². The van der Waals surface area contributed by atoms with Gasteiger partial charge < -0.3 is 0 Å². The normalized spacial score (nSPS) is 12.3. The summed E-state index contributed by atoms with van der Waals surface area (Å²) >= 11 is 12.0.